The summed E-state index contributed by atoms with van der Waals surface area (Å²) in [7, 11) is 1.64. The summed E-state index contributed by atoms with van der Waals surface area (Å²) >= 11 is 0. The summed E-state index contributed by atoms with van der Waals surface area (Å²) in [4.78, 5) is 29.0. The van der Waals surface area contributed by atoms with E-state index in [0.29, 0.717) is 25.9 Å². The molecule has 1 saturated heterocycles. The van der Waals surface area contributed by atoms with Crippen LogP contribution in [0.5, 0.6) is 5.75 Å². The molecule has 5 rings (SSSR count). The lowest BCUT2D eigenvalue weighted by molar-refractivity contribution is -0.150. The molecule has 200 valence electrons. The van der Waals surface area contributed by atoms with E-state index >= 15 is 0 Å². The highest BCUT2D eigenvalue weighted by Crippen LogP contribution is 2.32. The van der Waals surface area contributed by atoms with Crippen LogP contribution in [0.1, 0.15) is 30.4 Å². The number of rotatable bonds is 10. The number of piperazine rings is 1. The first-order valence-corrected chi connectivity index (χ1v) is 13.6. The number of nitrogens with one attached hydrogen (secondary N) is 1. The molecule has 2 amide bonds. The average molecular weight is 522 g/mol. The van der Waals surface area contributed by atoms with Gasteiger partial charge in [-0.2, -0.15) is 0 Å². The minimum absolute atomic E-state index is 0.0744. The molecule has 0 bridgehead atoms. The molecule has 4 aromatic carbocycles. The van der Waals surface area contributed by atoms with Gasteiger partial charge in [-0.15, -0.1) is 0 Å². The number of fused-ring (bicyclic) bond motifs is 1. The van der Waals surface area contributed by atoms with E-state index in [2.05, 4.69) is 29.6 Å². The highest BCUT2D eigenvalue weighted by atomic mass is 16.5. The van der Waals surface area contributed by atoms with E-state index in [1.165, 1.54) is 0 Å². The van der Waals surface area contributed by atoms with E-state index in [4.69, 9.17) is 10.5 Å². The number of unbranched alkanes of at least 4 members (excludes halogenated alkanes) is 1. The smallest absolute Gasteiger partial charge is 0.246 e. The predicted octanol–water partition coefficient (Wildman–Crippen LogP) is 5.08. The van der Waals surface area contributed by atoms with Crippen LogP contribution in [0.3, 0.4) is 0 Å². The Morgan fingerprint density at radius 2 is 1.56 bits per heavy atom. The molecule has 4 aromatic rings. The average Bonchev–Trinajstić information content (AvgIpc) is 2.97. The van der Waals surface area contributed by atoms with Crippen LogP contribution in [0.2, 0.25) is 0 Å². The molecule has 6 nitrogen and oxygen atoms in total. The minimum Gasteiger partial charge on any atom is -0.496 e. The van der Waals surface area contributed by atoms with Gasteiger partial charge in [0.05, 0.1) is 7.11 Å². The lowest BCUT2D eigenvalue weighted by Gasteiger charge is -2.39. The molecule has 0 aromatic heterocycles. The van der Waals surface area contributed by atoms with Gasteiger partial charge in [-0.3, -0.25) is 9.59 Å². The van der Waals surface area contributed by atoms with Gasteiger partial charge in [-0.25, -0.2) is 0 Å². The number of carbonyl (C=O) groups is 2. The van der Waals surface area contributed by atoms with E-state index in [0.717, 1.165) is 51.6 Å². The van der Waals surface area contributed by atoms with Crippen molar-refractivity contribution >= 4 is 22.6 Å². The zero-order valence-electron chi connectivity index (χ0n) is 22.3. The van der Waals surface area contributed by atoms with Crippen molar-refractivity contribution in [3.63, 3.8) is 0 Å². The Bertz CT molecular complexity index is 1440. The maximum atomic E-state index is 13.9. The lowest BCUT2D eigenvalue weighted by atomic mass is 9.95. The van der Waals surface area contributed by atoms with Gasteiger partial charge in [0.15, 0.2) is 0 Å². The van der Waals surface area contributed by atoms with Crippen LogP contribution < -0.4 is 15.8 Å². The predicted molar refractivity (Wildman–Crippen MR) is 155 cm³/mol. The Kier molecular flexibility index (Phi) is 8.23. The Hall–Kier alpha value is -4.16. The van der Waals surface area contributed by atoms with Crippen LogP contribution in [0.15, 0.2) is 91.0 Å². The Labute approximate surface area is 229 Å². The van der Waals surface area contributed by atoms with Gasteiger partial charge in [-0.05, 0) is 53.4 Å². The lowest BCUT2D eigenvalue weighted by Crippen LogP contribution is -2.63. The van der Waals surface area contributed by atoms with Gasteiger partial charge in [-0.1, -0.05) is 91.0 Å². The SMILES string of the molecule is COc1c(C[C@@H]2NC(=O)[C@H](CCCCN)N(Cc3ccc(-c4ccccc4)cc3)C2=O)ccc2ccccc12. The molecule has 1 fully saturated rings. The number of nitrogens with zero attached hydrogens (tertiary/aromatic N) is 1. The van der Waals surface area contributed by atoms with Crippen molar-refractivity contribution in [2.24, 2.45) is 5.73 Å². The molecule has 39 heavy (non-hydrogen) atoms. The van der Waals surface area contributed by atoms with Crippen molar-refractivity contribution in [3.8, 4) is 16.9 Å². The molecule has 0 radical (unpaired) electrons. The van der Waals surface area contributed by atoms with Crippen molar-refractivity contribution in [3.05, 3.63) is 102 Å². The van der Waals surface area contributed by atoms with Gasteiger partial charge in [0.2, 0.25) is 11.8 Å². The molecule has 1 heterocycles. The van der Waals surface area contributed by atoms with Crippen molar-refractivity contribution in [1.29, 1.82) is 0 Å². The molecule has 2 atom stereocenters. The quantitative estimate of drug-likeness (QED) is 0.285. The largest absolute Gasteiger partial charge is 0.496 e. The molecule has 0 unspecified atom stereocenters. The summed E-state index contributed by atoms with van der Waals surface area (Å²) in [6.07, 6.45) is 2.55. The highest BCUT2D eigenvalue weighted by molar-refractivity contribution is 5.97. The van der Waals surface area contributed by atoms with Crippen molar-refractivity contribution in [2.75, 3.05) is 13.7 Å². The number of benzene rings is 4. The van der Waals surface area contributed by atoms with Crippen LogP contribution in [-0.4, -0.2) is 42.5 Å². The van der Waals surface area contributed by atoms with Gasteiger partial charge < -0.3 is 20.7 Å². The Morgan fingerprint density at radius 3 is 2.31 bits per heavy atom. The molecule has 0 aliphatic carbocycles. The van der Waals surface area contributed by atoms with Gasteiger partial charge >= 0.3 is 0 Å². The standard InChI is InChI=1S/C33H35N3O3/c1-39-31-27(19-18-26-11-5-6-12-28(26)31)21-29-33(38)36(30(32(37)35-29)13-7-8-20-34)22-23-14-16-25(17-15-23)24-9-3-2-4-10-24/h2-6,9-12,14-19,29-30H,7-8,13,20-22,34H2,1H3,(H,35,37)/t29-,30-/m0/s1. The number of nitrogens with two attached hydrogens (primary N) is 1. The first kappa shape index (κ1) is 26.4. The molecular formula is C33H35N3O3. The molecule has 3 N–H and O–H groups in total. The minimum atomic E-state index is -0.665. The van der Waals surface area contributed by atoms with E-state index < -0.39 is 12.1 Å². The first-order valence-electron chi connectivity index (χ1n) is 13.6. The summed E-state index contributed by atoms with van der Waals surface area (Å²) in [5.74, 6) is 0.551. The second-order valence-electron chi connectivity index (χ2n) is 10.1. The zero-order valence-corrected chi connectivity index (χ0v) is 22.3. The van der Waals surface area contributed by atoms with E-state index in [1.807, 2.05) is 66.7 Å². The van der Waals surface area contributed by atoms with Crippen LogP contribution >= 0.6 is 0 Å². The number of hydrogen-bond acceptors (Lipinski definition) is 4. The second-order valence-corrected chi connectivity index (χ2v) is 10.1. The zero-order chi connectivity index (χ0) is 27.2. The molecule has 1 aliphatic heterocycles. The maximum absolute atomic E-state index is 13.9. The molecular weight excluding hydrogens is 486 g/mol. The normalized spacial score (nSPS) is 17.3. The van der Waals surface area contributed by atoms with Crippen molar-refractivity contribution in [1.82, 2.24) is 10.2 Å². The third-order valence-corrected chi connectivity index (χ3v) is 7.51. The third-order valence-electron chi connectivity index (χ3n) is 7.51. The van der Waals surface area contributed by atoms with E-state index in [1.54, 1.807) is 12.0 Å². The topological polar surface area (TPSA) is 84.7 Å². The van der Waals surface area contributed by atoms with Crippen LogP contribution in [-0.2, 0) is 22.6 Å². The number of ether oxygens (including phenoxy) is 1. The van der Waals surface area contributed by atoms with E-state index in [-0.39, 0.29) is 11.8 Å². The Balaban J connectivity index is 1.40. The number of amides is 2. The molecule has 0 spiro atoms. The molecule has 0 saturated carbocycles. The first-order chi connectivity index (χ1) is 19.1. The van der Waals surface area contributed by atoms with Crippen LogP contribution in [0.25, 0.3) is 21.9 Å². The molecule has 1 aliphatic rings. The van der Waals surface area contributed by atoms with Gasteiger partial charge in [0.25, 0.3) is 0 Å². The van der Waals surface area contributed by atoms with Gasteiger partial charge in [0.1, 0.15) is 17.8 Å². The fourth-order valence-electron chi connectivity index (χ4n) is 5.46. The maximum Gasteiger partial charge on any atom is 0.246 e. The summed E-state index contributed by atoms with van der Waals surface area (Å²) in [5.41, 5.74) is 9.84. The van der Waals surface area contributed by atoms with Crippen molar-refractivity contribution < 1.29 is 14.3 Å². The summed E-state index contributed by atoms with van der Waals surface area (Å²) < 4.78 is 5.77. The van der Waals surface area contributed by atoms with Crippen molar-refractivity contribution in [2.45, 2.75) is 44.3 Å². The van der Waals surface area contributed by atoms with Crippen LogP contribution in [0.4, 0.5) is 0 Å². The fourth-order valence-corrected chi connectivity index (χ4v) is 5.46. The Morgan fingerprint density at radius 1 is 0.846 bits per heavy atom. The second kappa shape index (κ2) is 12.1. The fraction of sp³-hybridized carbons (Fsp3) is 0.273. The van der Waals surface area contributed by atoms with Gasteiger partial charge in [0, 0.05) is 18.4 Å². The number of carbonyl (C=O) groups excluding carboxylic acids is 2. The highest BCUT2D eigenvalue weighted by Gasteiger charge is 2.40. The summed E-state index contributed by atoms with van der Waals surface area (Å²) in [6.45, 7) is 0.938. The summed E-state index contributed by atoms with van der Waals surface area (Å²) in [6, 6.07) is 29.2. The third kappa shape index (κ3) is 5.81. The number of methoxy groups -OCH3 is 1. The number of hydrogen-bond donors (Lipinski definition) is 2. The monoisotopic (exact) mass is 521 g/mol. The van der Waals surface area contributed by atoms with Crippen LogP contribution in [0, 0.1) is 0 Å². The van der Waals surface area contributed by atoms with E-state index in [9.17, 15) is 9.59 Å². The summed E-state index contributed by atoms with van der Waals surface area (Å²) in [5, 5.41) is 5.08. The molecule has 6 heteroatoms.